The number of aromatic nitrogens is 4. The Morgan fingerprint density at radius 2 is 1.68 bits per heavy atom. The molecule has 192 valence electrons. The normalized spacial score (nSPS) is 14.8. The molecule has 1 atom stereocenters. The van der Waals surface area contributed by atoms with E-state index < -0.39 is 0 Å². The molecule has 1 amide bonds. The standard InChI is InChI=1S/C29H34N6O2/c1-3-10-22(2)27-31-28(25-19-30-35(29(25)32-27)24-13-8-5-9-14-24)34-17-15-33(16-18-34)26(36)21-37-20-23-11-6-4-7-12-23/h4-9,11-14,19,22H,3,10,15-18,20-21H2,1-2H3/t22-/m1/s1. The maximum absolute atomic E-state index is 12.8. The van der Waals surface area contributed by atoms with Crippen LogP contribution in [0.5, 0.6) is 0 Å². The summed E-state index contributed by atoms with van der Waals surface area (Å²) in [6.45, 7) is 7.57. The zero-order valence-corrected chi connectivity index (χ0v) is 21.6. The first-order valence-electron chi connectivity index (χ1n) is 13.1. The van der Waals surface area contributed by atoms with Crippen molar-refractivity contribution >= 4 is 22.8 Å². The number of fused-ring (bicyclic) bond motifs is 1. The van der Waals surface area contributed by atoms with E-state index in [4.69, 9.17) is 14.7 Å². The maximum Gasteiger partial charge on any atom is 0.248 e. The van der Waals surface area contributed by atoms with Crippen LogP contribution in [0.25, 0.3) is 16.7 Å². The monoisotopic (exact) mass is 498 g/mol. The molecule has 1 saturated heterocycles. The number of ether oxygens (including phenoxy) is 1. The molecule has 0 saturated carbocycles. The van der Waals surface area contributed by atoms with Gasteiger partial charge >= 0.3 is 0 Å². The van der Waals surface area contributed by atoms with Gasteiger partial charge in [-0.3, -0.25) is 4.79 Å². The molecule has 0 radical (unpaired) electrons. The molecule has 5 rings (SSSR count). The van der Waals surface area contributed by atoms with Crippen LogP contribution >= 0.6 is 0 Å². The van der Waals surface area contributed by atoms with E-state index in [9.17, 15) is 4.79 Å². The van der Waals surface area contributed by atoms with E-state index in [1.165, 1.54) is 0 Å². The molecule has 8 nitrogen and oxygen atoms in total. The summed E-state index contributed by atoms with van der Waals surface area (Å²) in [6.07, 6.45) is 3.96. The summed E-state index contributed by atoms with van der Waals surface area (Å²) in [6, 6.07) is 20.0. The molecule has 1 fully saturated rings. The molecule has 3 heterocycles. The van der Waals surface area contributed by atoms with Gasteiger partial charge in [0.25, 0.3) is 0 Å². The Kier molecular flexibility index (Phi) is 7.75. The smallest absolute Gasteiger partial charge is 0.248 e. The van der Waals surface area contributed by atoms with E-state index in [1.807, 2.05) is 76.4 Å². The summed E-state index contributed by atoms with van der Waals surface area (Å²) in [5.41, 5.74) is 2.86. The van der Waals surface area contributed by atoms with Crippen LogP contribution in [0.15, 0.2) is 66.9 Å². The molecule has 0 N–H and O–H groups in total. The highest BCUT2D eigenvalue weighted by Crippen LogP contribution is 2.29. The topological polar surface area (TPSA) is 76.4 Å². The van der Waals surface area contributed by atoms with Crippen molar-refractivity contribution in [2.75, 3.05) is 37.7 Å². The lowest BCUT2D eigenvalue weighted by atomic mass is 10.1. The first-order chi connectivity index (χ1) is 18.1. The van der Waals surface area contributed by atoms with Crippen molar-refractivity contribution in [2.24, 2.45) is 0 Å². The maximum atomic E-state index is 12.8. The van der Waals surface area contributed by atoms with E-state index in [2.05, 4.69) is 23.8 Å². The highest BCUT2D eigenvalue weighted by Gasteiger charge is 2.26. The number of rotatable bonds is 9. The minimum absolute atomic E-state index is 0.0255. The zero-order valence-electron chi connectivity index (χ0n) is 21.6. The summed E-state index contributed by atoms with van der Waals surface area (Å²) in [4.78, 5) is 26.9. The third-order valence-electron chi connectivity index (χ3n) is 6.86. The number of amides is 1. The van der Waals surface area contributed by atoms with Crippen molar-refractivity contribution in [3.8, 4) is 5.69 Å². The van der Waals surface area contributed by atoms with Crippen LogP contribution in [0.2, 0.25) is 0 Å². The van der Waals surface area contributed by atoms with Crippen LogP contribution in [0.3, 0.4) is 0 Å². The number of hydrogen-bond donors (Lipinski definition) is 0. The first kappa shape index (κ1) is 24.9. The van der Waals surface area contributed by atoms with Crippen LogP contribution < -0.4 is 4.90 Å². The van der Waals surface area contributed by atoms with Crippen molar-refractivity contribution in [2.45, 2.75) is 39.2 Å². The Hall–Kier alpha value is -3.78. The lowest BCUT2D eigenvalue weighted by molar-refractivity contribution is -0.136. The second-order valence-corrected chi connectivity index (χ2v) is 9.57. The summed E-state index contributed by atoms with van der Waals surface area (Å²) < 4.78 is 7.57. The fourth-order valence-corrected chi connectivity index (χ4v) is 4.78. The molecule has 0 aliphatic carbocycles. The van der Waals surface area contributed by atoms with E-state index in [0.717, 1.165) is 46.8 Å². The van der Waals surface area contributed by atoms with E-state index in [1.54, 1.807) is 0 Å². The number of carbonyl (C=O) groups excluding carboxylic acids is 1. The van der Waals surface area contributed by atoms with Gasteiger partial charge in [-0.15, -0.1) is 0 Å². The van der Waals surface area contributed by atoms with Crippen molar-refractivity contribution in [1.82, 2.24) is 24.6 Å². The largest absolute Gasteiger partial charge is 0.367 e. The van der Waals surface area contributed by atoms with Crippen LogP contribution in [-0.2, 0) is 16.1 Å². The first-order valence-corrected chi connectivity index (χ1v) is 13.1. The number of para-hydroxylation sites is 1. The van der Waals surface area contributed by atoms with Crippen molar-refractivity contribution in [3.63, 3.8) is 0 Å². The molecule has 8 heteroatoms. The summed E-state index contributed by atoms with van der Waals surface area (Å²) in [5, 5.41) is 5.61. The average Bonchev–Trinajstić information content (AvgIpc) is 3.38. The molecule has 1 aliphatic rings. The van der Waals surface area contributed by atoms with Crippen LogP contribution in [0.1, 0.15) is 44.0 Å². The molecule has 37 heavy (non-hydrogen) atoms. The Bertz CT molecular complexity index is 1320. The summed E-state index contributed by atoms with van der Waals surface area (Å²) >= 11 is 0. The van der Waals surface area contributed by atoms with Gasteiger partial charge in [0.1, 0.15) is 18.2 Å². The van der Waals surface area contributed by atoms with Gasteiger partial charge in [-0.1, -0.05) is 68.8 Å². The Labute approximate surface area is 217 Å². The fraction of sp³-hybridized carbons (Fsp3) is 0.379. The van der Waals surface area contributed by atoms with Gasteiger partial charge in [-0.2, -0.15) is 5.10 Å². The Balaban J connectivity index is 1.32. The van der Waals surface area contributed by atoms with E-state index >= 15 is 0 Å². The van der Waals surface area contributed by atoms with Crippen LogP contribution in [0, 0.1) is 0 Å². The molecule has 0 spiro atoms. The highest BCUT2D eigenvalue weighted by atomic mass is 16.5. The van der Waals surface area contributed by atoms with Gasteiger partial charge in [0.2, 0.25) is 5.91 Å². The average molecular weight is 499 g/mol. The van der Waals surface area contributed by atoms with Gasteiger partial charge in [-0.05, 0) is 24.1 Å². The number of hydrogen-bond acceptors (Lipinski definition) is 6. The summed E-state index contributed by atoms with van der Waals surface area (Å²) in [5.74, 6) is 2.02. The van der Waals surface area contributed by atoms with Gasteiger partial charge in [-0.25, -0.2) is 14.6 Å². The van der Waals surface area contributed by atoms with E-state index in [-0.39, 0.29) is 18.4 Å². The van der Waals surface area contributed by atoms with Gasteiger partial charge in [0.15, 0.2) is 5.65 Å². The number of carbonyl (C=O) groups is 1. The van der Waals surface area contributed by atoms with Crippen molar-refractivity contribution in [3.05, 3.63) is 78.2 Å². The Morgan fingerprint density at radius 1 is 0.973 bits per heavy atom. The third kappa shape index (κ3) is 5.64. The predicted octanol–water partition coefficient (Wildman–Crippen LogP) is 4.58. The van der Waals surface area contributed by atoms with Crippen molar-refractivity contribution in [1.29, 1.82) is 0 Å². The molecule has 2 aromatic carbocycles. The Morgan fingerprint density at radius 3 is 2.38 bits per heavy atom. The third-order valence-corrected chi connectivity index (χ3v) is 6.86. The number of anilines is 1. The van der Waals surface area contributed by atoms with Crippen LogP contribution in [-0.4, -0.2) is 63.3 Å². The number of nitrogens with zero attached hydrogens (tertiary/aromatic N) is 6. The summed E-state index contributed by atoms with van der Waals surface area (Å²) in [7, 11) is 0. The van der Waals surface area contributed by atoms with Crippen LogP contribution in [0.4, 0.5) is 5.82 Å². The molecular formula is C29H34N6O2. The van der Waals surface area contributed by atoms with Crippen molar-refractivity contribution < 1.29 is 9.53 Å². The molecular weight excluding hydrogens is 464 g/mol. The fourth-order valence-electron chi connectivity index (χ4n) is 4.78. The SMILES string of the molecule is CCC[C@@H](C)c1nc(N2CCN(C(=O)COCc3ccccc3)CC2)c2cnn(-c3ccccc3)c2n1. The molecule has 4 aromatic rings. The second-order valence-electron chi connectivity index (χ2n) is 9.57. The number of piperazine rings is 1. The molecule has 2 aromatic heterocycles. The van der Waals surface area contributed by atoms with Gasteiger partial charge in [0.05, 0.1) is 23.9 Å². The zero-order chi connectivity index (χ0) is 25.6. The minimum atomic E-state index is 0.0255. The van der Waals surface area contributed by atoms with Gasteiger partial charge < -0.3 is 14.5 Å². The lowest BCUT2D eigenvalue weighted by Crippen LogP contribution is -2.50. The lowest BCUT2D eigenvalue weighted by Gasteiger charge is -2.35. The second kappa shape index (κ2) is 11.5. The van der Waals surface area contributed by atoms with Gasteiger partial charge in [0, 0.05) is 32.1 Å². The highest BCUT2D eigenvalue weighted by molar-refractivity contribution is 5.88. The number of benzene rings is 2. The molecule has 1 aliphatic heterocycles. The molecule has 0 unspecified atom stereocenters. The minimum Gasteiger partial charge on any atom is -0.367 e. The van der Waals surface area contributed by atoms with E-state index in [0.29, 0.717) is 32.8 Å². The predicted molar refractivity (Wildman–Crippen MR) is 145 cm³/mol. The quantitative estimate of drug-likeness (QED) is 0.336. The molecule has 0 bridgehead atoms.